The van der Waals surface area contributed by atoms with Crippen molar-refractivity contribution in [1.29, 1.82) is 0 Å². The summed E-state index contributed by atoms with van der Waals surface area (Å²) in [6, 6.07) is 7.39. The van der Waals surface area contributed by atoms with Crippen LogP contribution in [0.5, 0.6) is 5.75 Å². The van der Waals surface area contributed by atoms with Gasteiger partial charge >= 0.3 is 4.34 Å². The van der Waals surface area contributed by atoms with Crippen molar-refractivity contribution >= 4 is 34.1 Å². The van der Waals surface area contributed by atoms with Crippen molar-refractivity contribution in [3.8, 4) is 5.75 Å². The first-order valence-corrected chi connectivity index (χ1v) is 10.9. The standard InChI is InChI=1S/C18H23N3O3S2/c1-12(2)24-15-8-6-14(7-9-15)20-17(22)13-4-3-5-16(10-13)26(23)18-21-19-11-25-18/h6-9,11-13,16H,3-5,10H2,1-2H3,(H,20,22)/t13-,16-,26?/m1/s1. The van der Waals surface area contributed by atoms with E-state index in [1.807, 2.05) is 38.1 Å². The maximum Gasteiger partial charge on any atom is 0.321 e. The first-order valence-electron chi connectivity index (χ1n) is 8.77. The van der Waals surface area contributed by atoms with E-state index < -0.39 is 11.2 Å². The van der Waals surface area contributed by atoms with Gasteiger partial charge < -0.3 is 14.6 Å². The van der Waals surface area contributed by atoms with E-state index >= 15 is 0 Å². The summed E-state index contributed by atoms with van der Waals surface area (Å²) in [5.74, 6) is 0.641. The Kier molecular flexibility index (Phi) is 6.50. The summed E-state index contributed by atoms with van der Waals surface area (Å²) in [7, 11) is 0. The van der Waals surface area contributed by atoms with Crippen LogP contribution >= 0.6 is 11.3 Å². The summed E-state index contributed by atoms with van der Waals surface area (Å²) in [5.41, 5.74) is 2.34. The molecule has 1 aliphatic carbocycles. The SMILES string of the molecule is CC(C)Oc1ccc(NC(=O)[C@@H]2CCC[C@@H]([S+]([O-])c3nncs3)C2)cc1. The lowest BCUT2D eigenvalue weighted by molar-refractivity contribution is -0.120. The van der Waals surface area contributed by atoms with E-state index in [0.717, 1.165) is 30.7 Å². The summed E-state index contributed by atoms with van der Waals surface area (Å²) in [6.45, 7) is 3.95. The highest BCUT2D eigenvalue weighted by Gasteiger charge is 2.36. The molecule has 1 saturated carbocycles. The molecule has 1 aromatic heterocycles. The molecule has 1 N–H and O–H groups in total. The molecule has 1 unspecified atom stereocenters. The summed E-state index contributed by atoms with van der Waals surface area (Å²) in [5, 5.41) is 10.6. The van der Waals surface area contributed by atoms with Gasteiger partial charge in [0.05, 0.1) is 6.10 Å². The van der Waals surface area contributed by atoms with E-state index in [4.69, 9.17) is 4.74 Å². The van der Waals surface area contributed by atoms with Crippen LogP contribution in [0.1, 0.15) is 39.5 Å². The topological polar surface area (TPSA) is 87.2 Å². The molecule has 1 fully saturated rings. The average molecular weight is 394 g/mol. The number of rotatable bonds is 6. The highest BCUT2D eigenvalue weighted by Crippen LogP contribution is 2.33. The molecule has 2 aromatic rings. The molecule has 1 aliphatic rings. The van der Waals surface area contributed by atoms with Crippen LogP contribution < -0.4 is 10.1 Å². The number of carbonyl (C=O) groups excluding carboxylic acids is 1. The third-order valence-corrected chi connectivity index (χ3v) is 7.03. The van der Waals surface area contributed by atoms with Crippen LogP contribution in [0.2, 0.25) is 0 Å². The molecule has 0 spiro atoms. The molecule has 6 nitrogen and oxygen atoms in total. The number of aromatic nitrogens is 2. The van der Waals surface area contributed by atoms with E-state index in [0.29, 0.717) is 10.8 Å². The third kappa shape index (κ3) is 4.96. The summed E-state index contributed by atoms with van der Waals surface area (Å²) < 4.78 is 18.7. The second kappa shape index (κ2) is 8.83. The molecule has 0 radical (unpaired) electrons. The molecule has 1 aromatic carbocycles. The average Bonchev–Trinajstić information content (AvgIpc) is 3.17. The van der Waals surface area contributed by atoms with Gasteiger partial charge in [0, 0.05) is 29.2 Å². The van der Waals surface area contributed by atoms with Crippen molar-refractivity contribution < 1.29 is 14.1 Å². The second-order valence-electron chi connectivity index (χ2n) is 6.67. The predicted octanol–water partition coefficient (Wildman–Crippen LogP) is 3.63. The fraction of sp³-hybridized carbons (Fsp3) is 0.500. The molecule has 26 heavy (non-hydrogen) atoms. The quantitative estimate of drug-likeness (QED) is 0.757. The fourth-order valence-electron chi connectivity index (χ4n) is 3.10. The zero-order valence-electron chi connectivity index (χ0n) is 14.9. The Labute approximate surface area is 160 Å². The van der Waals surface area contributed by atoms with Crippen molar-refractivity contribution in [2.75, 3.05) is 5.32 Å². The van der Waals surface area contributed by atoms with Crippen molar-refractivity contribution in [1.82, 2.24) is 10.2 Å². The number of nitrogens with one attached hydrogen (secondary N) is 1. The lowest BCUT2D eigenvalue weighted by Gasteiger charge is -2.28. The smallest absolute Gasteiger partial charge is 0.321 e. The van der Waals surface area contributed by atoms with Gasteiger partial charge in [0.15, 0.2) is 0 Å². The van der Waals surface area contributed by atoms with Crippen molar-refractivity contribution in [3.63, 3.8) is 0 Å². The van der Waals surface area contributed by atoms with Gasteiger partial charge in [-0.3, -0.25) is 4.79 Å². The van der Waals surface area contributed by atoms with Crippen molar-refractivity contribution in [2.24, 2.45) is 5.92 Å². The minimum absolute atomic E-state index is 0.0125. The molecule has 0 bridgehead atoms. The number of ether oxygens (including phenoxy) is 1. The summed E-state index contributed by atoms with van der Waals surface area (Å²) in [6.07, 6.45) is 3.31. The number of nitrogens with zero attached hydrogens (tertiary/aromatic N) is 2. The van der Waals surface area contributed by atoms with Gasteiger partial charge in [0.1, 0.15) is 16.5 Å². The van der Waals surface area contributed by atoms with Crippen LogP contribution in [-0.4, -0.2) is 32.0 Å². The predicted molar refractivity (Wildman–Crippen MR) is 103 cm³/mol. The van der Waals surface area contributed by atoms with Crippen molar-refractivity contribution in [2.45, 2.75) is 55.2 Å². The Morgan fingerprint density at radius 3 is 2.77 bits per heavy atom. The molecule has 1 amide bonds. The molecule has 0 aliphatic heterocycles. The van der Waals surface area contributed by atoms with Gasteiger partial charge in [-0.15, -0.1) is 5.10 Å². The minimum Gasteiger partial charge on any atom is -0.609 e. The molecular weight excluding hydrogens is 370 g/mol. The Hall–Kier alpha value is -1.64. The Bertz CT molecular complexity index is 707. The monoisotopic (exact) mass is 393 g/mol. The van der Waals surface area contributed by atoms with Crippen LogP contribution in [0.25, 0.3) is 0 Å². The summed E-state index contributed by atoms with van der Waals surface area (Å²) >= 11 is 0.125. The van der Waals surface area contributed by atoms with E-state index in [1.165, 1.54) is 11.3 Å². The molecular formula is C18H23N3O3S2. The van der Waals surface area contributed by atoms with E-state index in [2.05, 4.69) is 15.5 Å². The lowest BCUT2D eigenvalue weighted by Crippen LogP contribution is -2.34. The van der Waals surface area contributed by atoms with Crippen LogP contribution in [0.4, 0.5) is 5.69 Å². The number of carbonyl (C=O) groups is 1. The van der Waals surface area contributed by atoms with Gasteiger partial charge in [0.25, 0.3) is 0 Å². The van der Waals surface area contributed by atoms with Gasteiger partial charge in [-0.05, 0) is 68.7 Å². The largest absolute Gasteiger partial charge is 0.609 e. The Morgan fingerprint density at radius 1 is 1.35 bits per heavy atom. The maximum absolute atomic E-state index is 12.6. The molecule has 3 rings (SSSR count). The normalized spacial score (nSPS) is 21.4. The number of hydrogen-bond acceptors (Lipinski definition) is 6. The second-order valence-corrected chi connectivity index (χ2v) is 9.41. The van der Waals surface area contributed by atoms with Crippen LogP contribution in [-0.2, 0) is 16.0 Å². The number of anilines is 1. The summed E-state index contributed by atoms with van der Waals surface area (Å²) in [4.78, 5) is 12.6. The van der Waals surface area contributed by atoms with Gasteiger partial charge in [-0.1, -0.05) is 5.10 Å². The third-order valence-electron chi connectivity index (χ3n) is 4.31. The van der Waals surface area contributed by atoms with Crippen LogP contribution in [0.15, 0.2) is 34.1 Å². The van der Waals surface area contributed by atoms with Crippen LogP contribution in [0, 0.1) is 5.92 Å². The lowest BCUT2D eigenvalue weighted by atomic mass is 9.88. The first kappa shape index (κ1) is 19.1. The zero-order valence-corrected chi connectivity index (χ0v) is 16.5. The van der Waals surface area contributed by atoms with E-state index in [-0.39, 0.29) is 23.2 Å². The van der Waals surface area contributed by atoms with Gasteiger partial charge in [0.2, 0.25) is 5.91 Å². The van der Waals surface area contributed by atoms with E-state index in [1.54, 1.807) is 5.51 Å². The Morgan fingerprint density at radius 2 is 2.12 bits per heavy atom. The highest BCUT2D eigenvalue weighted by atomic mass is 32.2. The zero-order chi connectivity index (χ0) is 18.5. The number of amides is 1. The molecule has 8 heteroatoms. The highest BCUT2D eigenvalue weighted by molar-refractivity contribution is 7.93. The molecule has 0 saturated heterocycles. The maximum atomic E-state index is 12.6. The minimum atomic E-state index is -1.18. The molecule has 1 heterocycles. The fourth-order valence-corrected chi connectivity index (χ4v) is 5.50. The van der Waals surface area contributed by atoms with Crippen molar-refractivity contribution in [3.05, 3.63) is 29.8 Å². The Balaban J connectivity index is 1.57. The van der Waals surface area contributed by atoms with E-state index in [9.17, 15) is 9.35 Å². The van der Waals surface area contributed by atoms with Gasteiger partial charge in [-0.25, -0.2) is 0 Å². The van der Waals surface area contributed by atoms with Gasteiger partial charge in [-0.2, -0.15) is 0 Å². The molecule has 3 atom stereocenters. The number of benzene rings is 1. The molecule has 140 valence electrons. The number of hydrogen-bond donors (Lipinski definition) is 1. The first-order chi connectivity index (χ1) is 12.5. The van der Waals surface area contributed by atoms with Crippen LogP contribution in [0.3, 0.4) is 0 Å².